The van der Waals surface area contributed by atoms with Crippen LogP contribution in [0.25, 0.3) is 11.1 Å². The Bertz CT molecular complexity index is 1210. The molecule has 0 spiro atoms. The van der Waals surface area contributed by atoms with E-state index >= 15 is 0 Å². The van der Waals surface area contributed by atoms with Crippen molar-refractivity contribution >= 4 is 17.2 Å². The SMILES string of the molecule is [Ir+3].[c-]1cccc2c1N(c1ccccn1)c1ccccc1O2.[c-]1ccccc1-c1[c-]cccc1. The predicted octanol–water partition coefficient (Wildman–Crippen LogP) is 7.41. The number of rotatable bonds is 2. The van der Waals surface area contributed by atoms with Crippen LogP contribution in [0.3, 0.4) is 0 Å². The van der Waals surface area contributed by atoms with Crippen molar-refractivity contribution in [3.8, 4) is 22.6 Å². The number of para-hydroxylation sites is 3. The number of aromatic nitrogens is 1. The van der Waals surface area contributed by atoms with Crippen LogP contribution in [0.15, 0.2) is 115 Å². The van der Waals surface area contributed by atoms with E-state index in [4.69, 9.17) is 4.74 Å². The first-order chi connectivity index (χ1) is 15.9. The van der Waals surface area contributed by atoms with Crippen molar-refractivity contribution in [2.45, 2.75) is 0 Å². The van der Waals surface area contributed by atoms with E-state index in [9.17, 15) is 0 Å². The first-order valence-corrected chi connectivity index (χ1v) is 10.3. The Balaban J connectivity index is 0.000000172. The van der Waals surface area contributed by atoms with Gasteiger partial charge in [-0.05, 0) is 30.0 Å². The summed E-state index contributed by atoms with van der Waals surface area (Å²) < 4.78 is 5.93. The third kappa shape index (κ3) is 5.04. The van der Waals surface area contributed by atoms with Crippen LogP contribution in [0.4, 0.5) is 17.2 Å². The van der Waals surface area contributed by atoms with E-state index in [1.807, 2.05) is 109 Å². The van der Waals surface area contributed by atoms with Gasteiger partial charge in [0.15, 0.2) is 0 Å². The van der Waals surface area contributed by atoms with Gasteiger partial charge in [0.1, 0.15) is 11.6 Å². The first-order valence-electron chi connectivity index (χ1n) is 10.3. The van der Waals surface area contributed by atoms with Crippen LogP contribution in [0.5, 0.6) is 11.5 Å². The third-order valence-corrected chi connectivity index (χ3v) is 4.93. The number of benzene rings is 4. The number of anilines is 3. The van der Waals surface area contributed by atoms with E-state index in [-0.39, 0.29) is 20.1 Å². The van der Waals surface area contributed by atoms with Gasteiger partial charge in [0.25, 0.3) is 0 Å². The Labute approximate surface area is 207 Å². The third-order valence-electron chi connectivity index (χ3n) is 4.93. The Hall–Kier alpha value is -3.72. The van der Waals surface area contributed by atoms with Gasteiger partial charge in [0.05, 0.1) is 5.69 Å². The van der Waals surface area contributed by atoms with Gasteiger partial charge in [0.2, 0.25) is 0 Å². The molecule has 0 saturated carbocycles. The van der Waals surface area contributed by atoms with Gasteiger partial charge >= 0.3 is 20.1 Å². The fourth-order valence-electron chi connectivity index (χ4n) is 3.48. The molecule has 160 valence electrons. The summed E-state index contributed by atoms with van der Waals surface area (Å²) >= 11 is 0. The van der Waals surface area contributed by atoms with Crippen LogP contribution in [0.2, 0.25) is 0 Å². The summed E-state index contributed by atoms with van der Waals surface area (Å²) in [5.41, 5.74) is 4.04. The molecule has 6 rings (SSSR count). The molecule has 1 aliphatic heterocycles. The van der Waals surface area contributed by atoms with Gasteiger partial charge in [-0.15, -0.1) is 18.2 Å². The zero-order valence-corrected chi connectivity index (χ0v) is 20.0. The standard InChI is InChI=1S/C17H11N2O.C12H8.Ir/c1-3-9-15-13(7-1)19(17-11-5-6-12-18-17)14-8-2-4-10-16(14)20-15;1-3-7-11(8-4-1)12-9-5-2-6-10-12;/h1-7,9-12H;1-7,9H;/q-1;-2;+3. The molecule has 4 aromatic carbocycles. The molecule has 1 aromatic heterocycles. The molecule has 5 aromatic rings. The van der Waals surface area contributed by atoms with Gasteiger partial charge in [-0.25, -0.2) is 16.1 Å². The maximum atomic E-state index is 5.93. The molecule has 0 unspecified atom stereocenters. The van der Waals surface area contributed by atoms with E-state index in [0.717, 1.165) is 39.8 Å². The minimum absolute atomic E-state index is 0. The van der Waals surface area contributed by atoms with Crippen molar-refractivity contribution in [1.82, 2.24) is 4.98 Å². The van der Waals surface area contributed by atoms with Crippen LogP contribution >= 0.6 is 0 Å². The van der Waals surface area contributed by atoms with E-state index < -0.39 is 0 Å². The van der Waals surface area contributed by atoms with Crippen molar-refractivity contribution in [3.05, 3.63) is 134 Å². The average molecular weight is 604 g/mol. The van der Waals surface area contributed by atoms with E-state index in [2.05, 4.69) is 28.1 Å². The molecule has 1 aliphatic rings. The van der Waals surface area contributed by atoms with Crippen molar-refractivity contribution in [2.24, 2.45) is 0 Å². The smallest absolute Gasteiger partial charge is 0.513 e. The molecule has 33 heavy (non-hydrogen) atoms. The molecule has 0 bridgehead atoms. The Morgan fingerprint density at radius 1 is 0.606 bits per heavy atom. The number of nitrogens with zero attached hydrogens (tertiary/aromatic N) is 2. The average Bonchev–Trinajstić information content (AvgIpc) is 2.89. The zero-order chi connectivity index (χ0) is 21.6. The molecule has 0 atom stereocenters. The topological polar surface area (TPSA) is 25.4 Å². The van der Waals surface area contributed by atoms with Gasteiger partial charge in [0, 0.05) is 11.9 Å². The molecule has 0 saturated heterocycles. The summed E-state index contributed by atoms with van der Waals surface area (Å²) in [7, 11) is 0. The Morgan fingerprint density at radius 3 is 1.91 bits per heavy atom. The molecule has 4 heteroatoms. The van der Waals surface area contributed by atoms with E-state index in [0.29, 0.717) is 0 Å². The second-order valence-corrected chi connectivity index (χ2v) is 7.03. The summed E-state index contributed by atoms with van der Waals surface area (Å²) in [6.45, 7) is 0. The Kier molecular flexibility index (Phi) is 7.31. The van der Waals surface area contributed by atoms with Gasteiger partial charge in [-0.2, -0.15) is 66.7 Å². The predicted molar refractivity (Wildman–Crippen MR) is 127 cm³/mol. The van der Waals surface area contributed by atoms with Crippen molar-refractivity contribution < 1.29 is 24.8 Å². The largest absolute Gasteiger partial charge is 3.00 e. The Morgan fingerprint density at radius 2 is 1.24 bits per heavy atom. The molecule has 3 nitrogen and oxygen atoms in total. The van der Waals surface area contributed by atoms with Crippen molar-refractivity contribution in [1.29, 1.82) is 0 Å². The van der Waals surface area contributed by atoms with Crippen LogP contribution in [0.1, 0.15) is 0 Å². The van der Waals surface area contributed by atoms with Gasteiger partial charge in [-0.3, -0.25) is 0 Å². The van der Waals surface area contributed by atoms with Crippen LogP contribution in [0, 0.1) is 18.2 Å². The van der Waals surface area contributed by atoms with E-state index in [1.165, 1.54) is 0 Å². The van der Waals surface area contributed by atoms with E-state index in [1.54, 1.807) is 6.20 Å². The fraction of sp³-hybridized carbons (Fsp3) is 0. The maximum Gasteiger partial charge on any atom is 3.00 e. The molecule has 2 heterocycles. The summed E-state index contributed by atoms with van der Waals surface area (Å²) in [4.78, 5) is 6.51. The molecule has 0 fully saturated rings. The second-order valence-electron chi connectivity index (χ2n) is 7.03. The molecule has 0 amide bonds. The number of hydrogen-bond acceptors (Lipinski definition) is 3. The van der Waals surface area contributed by atoms with Crippen LogP contribution in [-0.4, -0.2) is 4.98 Å². The number of pyridine rings is 1. The molecule has 0 N–H and O–H groups in total. The normalized spacial score (nSPS) is 11.0. The molecule has 0 aliphatic carbocycles. The van der Waals surface area contributed by atoms with Crippen LogP contribution < -0.4 is 9.64 Å². The van der Waals surface area contributed by atoms with Crippen molar-refractivity contribution in [3.63, 3.8) is 0 Å². The minimum atomic E-state index is 0. The zero-order valence-electron chi connectivity index (χ0n) is 17.6. The maximum absolute atomic E-state index is 5.93. The second kappa shape index (κ2) is 10.7. The summed E-state index contributed by atoms with van der Waals surface area (Å²) in [5, 5.41) is 0. The minimum Gasteiger partial charge on any atom is -0.513 e. The molecule has 0 radical (unpaired) electrons. The molecular formula is C29H19IrN2O. The first kappa shape index (κ1) is 22.5. The summed E-state index contributed by atoms with van der Waals surface area (Å²) in [6.07, 6.45) is 1.79. The van der Waals surface area contributed by atoms with Crippen molar-refractivity contribution in [2.75, 3.05) is 4.90 Å². The summed E-state index contributed by atoms with van der Waals surface area (Å²) in [6, 6.07) is 44.9. The number of fused-ring (bicyclic) bond motifs is 2. The number of ether oxygens (including phenoxy) is 1. The summed E-state index contributed by atoms with van der Waals surface area (Å²) in [5.74, 6) is 2.47. The fourth-order valence-corrected chi connectivity index (χ4v) is 3.48. The number of hydrogen-bond donors (Lipinski definition) is 0. The quantitative estimate of drug-likeness (QED) is 0.193. The van der Waals surface area contributed by atoms with Gasteiger partial charge in [-0.1, -0.05) is 18.2 Å². The monoisotopic (exact) mass is 604 g/mol. The van der Waals surface area contributed by atoms with Gasteiger partial charge < -0.3 is 9.64 Å². The molecular weight excluding hydrogens is 585 g/mol. The van der Waals surface area contributed by atoms with Crippen LogP contribution in [-0.2, 0) is 20.1 Å².